The molecule has 3 aromatic carbocycles. The minimum absolute atomic E-state index is 0.0923. The standard InChI is InChI=1S/C24H19ClN2O3/c25-18-13-11-17(12-14-18)22(28)16-15-21-23(29)26(19-7-3-1-4-8-19)27(24(21)30)20-9-5-2-6-10-20/h1-14,21H,15-16H2. The quantitative estimate of drug-likeness (QED) is 0.422. The number of para-hydroxylation sites is 2. The third-order valence-corrected chi connectivity index (χ3v) is 5.29. The van der Waals surface area contributed by atoms with Crippen LogP contribution in [0, 0.1) is 5.92 Å². The maximum Gasteiger partial charge on any atom is 0.258 e. The summed E-state index contributed by atoms with van der Waals surface area (Å²) < 4.78 is 0. The van der Waals surface area contributed by atoms with Crippen molar-refractivity contribution in [2.75, 3.05) is 10.0 Å². The van der Waals surface area contributed by atoms with Gasteiger partial charge in [0.2, 0.25) is 0 Å². The zero-order chi connectivity index (χ0) is 21.1. The van der Waals surface area contributed by atoms with E-state index in [0.717, 1.165) is 0 Å². The molecule has 0 aliphatic carbocycles. The van der Waals surface area contributed by atoms with Crippen molar-refractivity contribution in [1.82, 2.24) is 0 Å². The van der Waals surface area contributed by atoms with Gasteiger partial charge in [-0.05, 0) is 55.0 Å². The van der Waals surface area contributed by atoms with Gasteiger partial charge in [-0.2, -0.15) is 0 Å². The number of rotatable bonds is 6. The van der Waals surface area contributed by atoms with E-state index >= 15 is 0 Å². The molecule has 0 unspecified atom stereocenters. The van der Waals surface area contributed by atoms with E-state index in [1.165, 1.54) is 10.0 Å². The van der Waals surface area contributed by atoms with Crippen LogP contribution in [0.4, 0.5) is 11.4 Å². The molecule has 0 radical (unpaired) electrons. The highest BCUT2D eigenvalue weighted by Gasteiger charge is 2.46. The predicted octanol–water partition coefficient (Wildman–Crippen LogP) is 4.91. The normalized spacial score (nSPS) is 14.4. The molecule has 150 valence electrons. The van der Waals surface area contributed by atoms with E-state index in [9.17, 15) is 14.4 Å². The molecule has 1 fully saturated rings. The Bertz CT molecular complexity index is 1010. The monoisotopic (exact) mass is 418 g/mol. The largest absolute Gasteiger partial charge is 0.294 e. The molecule has 0 atom stereocenters. The van der Waals surface area contributed by atoms with Gasteiger partial charge in [0.15, 0.2) is 5.78 Å². The van der Waals surface area contributed by atoms with Gasteiger partial charge in [-0.15, -0.1) is 0 Å². The summed E-state index contributed by atoms with van der Waals surface area (Å²) in [5.41, 5.74) is 1.72. The summed E-state index contributed by atoms with van der Waals surface area (Å²) in [5.74, 6) is -1.71. The molecular formula is C24H19ClN2O3. The first-order valence-corrected chi connectivity index (χ1v) is 10.0. The fourth-order valence-electron chi connectivity index (χ4n) is 3.52. The van der Waals surface area contributed by atoms with Crippen LogP contribution in [0.15, 0.2) is 84.9 Å². The zero-order valence-electron chi connectivity index (χ0n) is 16.1. The molecule has 1 saturated heterocycles. The molecular weight excluding hydrogens is 400 g/mol. The molecule has 2 amide bonds. The average molecular weight is 419 g/mol. The van der Waals surface area contributed by atoms with Crippen LogP contribution < -0.4 is 10.0 Å². The Kier molecular flexibility index (Phi) is 5.63. The lowest BCUT2D eigenvalue weighted by Gasteiger charge is -2.27. The number of ketones is 1. The average Bonchev–Trinajstić information content (AvgIpc) is 3.03. The van der Waals surface area contributed by atoms with Gasteiger partial charge in [-0.1, -0.05) is 48.0 Å². The third kappa shape index (κ3) is 3.84. The molecule has 0 N–H and O–H groups in total. The summed E-state index contributed by atoms with van der Waals surface area (Å²) in [6.07, 6.45) is 0.237. The molecule has 3 aromatic rings. The second kappa shape index (κ2) is 8.51. The number of carbonyl (C=O) groups excluding carboxylic acids is 3. The number of anilines is 2. The van der Waals surface area contributed by atoms with Gasteiger partial charge in [-0.3, -0.25) is 14.4 Å². The van der Waals surface area contributed by atoms with Crippen molar-refractivity contribution in [3.8, 4) is 0 Å². The molecule has 1 aliphatic rings. The first kappa shape index (κ1) is 19.9. The molecule has 0 aromatic heterocycles. The highest BCUT2D eigenvalue weighted by atomic mass is 35.5. The van der Waals surface area contributed by atoms with Gasteiger partial charge in [0.25, 0.3) is 11.8 Å². The smallest absolute Gasteiger partial charge is 0.258 e. The Balaban J connectivity index is 1.59. The van der Waals surface area contributed by atoms with Crippen molar-refractivity contribution in [3.05, 3.63) is 95.5 Å². The number of halogens is 1. The number of Topliss-reactive ketones (excluding diaryl/α,β-unsaturated/α-hetero) is 1. The van der Waals surface area contributed by atoms with Crippen molar-refractivity contribution in [1.29, 1.82) is 0 Å². The number of carbonyl (C=O) groups is 3. The second-order valence-corrected chi connectivity index (χ2v) is 7.43. The summed E-state index contributed by atoms with van der Waals surface area (Å²) in [5, 5.41) is 3.34. The summed E-state index contributed by atoms with van der Waals surface area (Å²) in [7, 11) is 0. The number of benzene rings is 3. The van der Waals surface area contributed by atoms with Crippen LogP contribution in [0.2, 0.25) is 5.02 Å². The van der Waals surface area contributed by atoms with Crippen LogP contribution in [0.3, 0.4) is 0 Å². The van der Waals surface area contributed by atoms with E-state index in [0.29, 0.717) is 22.0 Å². The number of hydrogen-bond donors (Lipinski definition) is 0. The molecule has 0 bridgehead atoms. The number of amides is 2. The third-order valence-electron chi connectivity index (χ3n) is 5.04. The SMILES string of the molecule is O=C(CCC1C(=O)N(c2ccccc2)N(c2ccccc2)C1=O)c1ccc(Cl)cc1. The van der Waals surface area contributed by atoms with E-state index < -0.39 is 5.92 Å². The second-order valence-electron chi connectivity index (χ2n) is 6.99. The van der Waals surface area contributed by atoms with Gasteiger partial charge in [0.1, 0.15) is 5.92 Å². The van der Waals surface area contributed by atoms with Crippen LogP contribution in [0.5, 0.6) is 0 Å². The molecule has 5 nitrogen and oxygen atoms in total. The fourth-order valence-corrected chi connectivity index (χ4v) is 3.65. The van der Waals surface area contributed by atoms with E-state index in [-0.39, 0.29) is 30.4 Å². The molecule has 4 rings (SSSR count). The summed E-state index contributed by atoms with van der Waals surface area (Å²) in [6, 6.07) is 24.7. The molecule has 6 heteroatoms. The Morgan fingerprint density at radius 3 is 1.67 bits per heavy atom. The Morgan fingerprint density at radius 1 is 0.733 bits per heavy atom. The van der Waals surface area contributed by atoms with Crippen molar-refractivity contribution >= 4 is 40.6 Å². The van der Waals surface area contributed by atoms with Crippen LogP contribution in [0.25, 0.3) is 0 Å². The highest BCUT2D eigenvalue weighted by molar-refractivity contribution is 6.30. The highest BCUT2D eigenvalue weighted by Crippen LogP contribution is 2.33. The number of hydrazine groups is 1. The topological polar surface area (TPSA) is 57.7 Å². The lowest BCUT2D eigenvalue weighted by atomic mass is 9.98. The molecule has 30 heavy (non-hydrogen) atoms. The van der Waals surface area contributed by atoms with Gasteiger partial charge in [-0.25, -0.2) is 10.0 Å². The van der Waals surface area contributed by atoms with Crippen molar-refractivity contribution in [3.63, 3.8) is 0 Å². The molecule has 1 aliphatic heterocycles. The molecule has 0 saturated carbocycles. The number of nitrogens with zero attached hydrogens (tertiary/aromatic N) is 2. The van der Waals surface area contributed by atoms with Gasteiger partial charge < -0.3 is 0 Å². The van der Waals surface area contributed by atoms with E-state index in [4.69, 9.17) is 11.6 Å². The van der Waals surface area contributed by atoms with Gasteiger partial charge in [0.05, 0.1) is 11.4 Å². The Labute approximate surface area is 179 Å². The first-order valence-electron chi connectivity index (χ1n) is 9.63. The molecule has 1 heterocycles. The summed E-state index contributed by atoms with van der Waals surface area (Å²) >= 11 is 5.87. The van der Waals surface area contributed by atoms with Crippen LogP contribution >= 0.6 is 11.6 Å². The van der Waals surface area contributed by atoms with Crippen molar-refractivity contribution in [2.24, 2.45) is 5.92 Å². The minimum Gasteiger partial charge on any atom is -0.294 e. The van der Waals surface area contributed by atoms with Crippen LogP contribution in [-0.2, 0) is 9.59 Å². The minimum atomic E-state index is -0.915. The number of hydrogen-bond acceptors (Lipinski definition) is 3. The maximum atomic E-state index is 13.2. The lowest BCUT2D eigenvalue weighted by Crippen LogP contribution is -2.41. The predicted molar refractivity (Wildman–Crippen MR) is 116 cm³/mol. The van der Waals surface area contributed by atoms with Crippen LogP contribution in [-0.4, -0.2) is 17.6 Å². The van der Waals surface area contributed by atoms with E-state index in [1.54, 1.807) is 48.5 Å². The fraction of sp³-hybridized carbons (Fsp3) is 0.125. The summed E-state index contributed by atoms with van der Waals surface area (Å²) in [4.78, 5) is 39.0. The summed E-state index contributed by atoms with van der Waals surface area (Å²) in [6.45, 7) is 0. The first-order chi connectivity index (χ1) is 14.6. The van der Waals surface area contributed by atoms with Crippen LogP contribution in [0.1, 0.15) is 23.2 Å². The lowest BCUT2D eigenvalue weighted by molar-refractivity contribution is -0.127. The Morgan fingerprint density at radius 2 is 1.20 bits per heavy atom. The van der Waals surface area contributed by atoms with Crippen molar-refractivity contribution < 1.29 is 14.4 Å². The van der Waals surface area contributed by atoms with E-state index in [1.807, 2.05) is 36.4 Å². The van der Waals surface area contributed by atoms with E-state index in [2.05, 4.69) is 0 Å². The zero-order valence-corrected chi connectivity index (χ0v) is 16.8. The van der Waals surface area contributed by atoms with Crippen molar-refractivity contribution in [2.45, 2.75) is 12.8 Å². The van der Waals surface area contributed by atoms with Gasteiger partial charge >= 0.3 is 0 Å². The maximum absolute atomic E-state index is 13.2. The molecule has 0 spiro atoms. The Hall–Kier alpha value is -3.44. The van der Waals surface area contributed by atoms with Gasteiger partial charge in [0, 0.05) is 17.0 Å².